The van der Waals surface area contributed by atoms with Crippen molar-refractivity contribution in [2.45, 2.75) is 30.8 Å². The van der Waals surface area contributed by atoms with Crippen LogP contribution in [0.4, 0.5) is 14.5 Å². The number of terminal acetylenes is 1. The lowest BCUT2D eigenvalue weighted by Gasteiger charge is -2.41. The number of alkyl halides is 2. The van der Waals surface area contributed by atoms with Gasteiger partial charge in [0.05, 0.1) is 17.8 Å². The van der Waals surface area contributed by atoms with E-state index in [2.05, 4.69) is 11.2 Å². The SMILES string of the molecule is C#CCNC(=O)c1ccccc1NC(=O)C(F)(F)C1(O)CCC1. The number of benzene rings is 1. The quantitative estimate of drug-likeness (QED) is 0.720. The van der Waals surface area contributed by atoms with Crippen LogP contribution in [0.25, 0.3) is 0 Å². The van der Waals surface area contributed by atoms with Crippen molar-refractivity contribution < 1.29 is 23.5 Å². The summed E-state index contributed by atoms with van der Waals surface area (Å²) in [6.07, 6.45) is 5.19. The highest BCUT2D eigenvalue weighted by Crippen LogP contribution is 2.44. The van der Waals surface area contributed by atoms with Crippen molar-refractivity contribution in [1.29, 1.82) is 0 Å². The number of hydrogen-bond acceptors (Lipinski definition) is 3. The number of para-hydroxylation sites is 1. The van der Waals surface area contributed by atoms with Crippen LogP contribution >= 0.6 is 0 Å². The Morgan fingerprint density at radius 2 is 2.00 bits per heavy atom. The number of rotatable bonds is 5. The molecule has 5 nitrogen and oxygen atoms in total. The highest BCUT2D eigenvalue weighted by Gasteiger charge is 2.61. The molecule has 1 aromatic rings. The standard InChI is InChI=1S/C16H16F2N2O3/c1-2-10-19-13(21)11-6-3-4-7-12(11)20-14(22)16(17,18)15(23)8-5-9-15/h1,3-4,6-7,23H,5,8-10H2,(H,19,21)(H,20,22). The van der Waals surface area contributed by atoms with Crippen LogP contribution < -0.4 is 10.6 Å². The summed E-state index contributed by atoms with van der Waals surface area (Å²) in [5.74, 6) is -3.96. The summed E-state index contributed by atoms with van der Waals surface area (Å²) in [5.41, 5.74) is -2.39. The molecule has 7 heteroatoms. The van der Waals surface area contributed by atoms with Gasteiger partial charge in [0.25, 0.3) is 11.8 Å². The normalized spacial score (nSPS) is 15.9. The number of anilines is 1. The number of halogens is 2. The van der Waals surface area contributed by atoms with Gasteiger partial charge in [-0.3, -0.25) is 9.59 Å². The fourth-order valence-electron chi connectivity index (χ4n) is 2.25. The van der Waals surface area contributed by atoms with Gasteiger partial charge in [0.1, 0.15) is 5.60 Å². The minimum absolute atomic E-state index is 0.00694. The van der Waals surface area contributed by atoms with Gasteiger partial charge in [0, 0.05) is 0 Å². The Balaban J connectivity index is 2.19. The van der Waals surface area contributed by atoms with E-state index in [-0.39, 0.29) is 30.6 Å². The van der Waals surface area contributed by atoms with E-state index in [4.69, 9.17) is 6.42 Å². The van der Waals surface area contributed by atoms with Gasteiger partial charge in [-0.1, -0.05) is 18.1 Å². The molecule has 0 aliphatic heterocycles. The summed E-state index contributed by atoms with van der Waals surface area (Å²) >= 11 is 0. The van der Waals surface area contributed by atoms with Crippen LogP contribution in [-0.4, -0.2) is 35.0 Å². The largest absolute Gasteiger partial charge is 0.383 e. The molecule has 0 bridgehead atoms. The van der Waals surface area contributed by atoms with Crippen LogP contribution in [0.1, 0.15) is 29.6 Å². The van der Waals surface area contributed by atoms with Crippen LogP contribution in [0.2, 0.25) is 0 Å². The first-order chi connectivity index (χ1) is 10.8. The zero-order valence-corrected chi connectivity index (χ0v) is 12.2. The number of hydrogen-bond donors (Lipinski definition) is 3. The number of amides is 2. The second-order valence-electron chi connectivity index (χ2n) is 5.35. The molecular weight excluding hydrogens is 306 g/mol. The summed E-state index contributed by atoms with van der Waals surface area (Å²) in [7, 11) is 0. The van der Waals surface area contributed by atoms with Gasteiger partial charge in [0.15, 0.2) is 0 Å². The van der Waals surface area contributed by atoms with Crippen LogP contribution in [0.3, 0.4) is 0 Å². The van der Waals surface area contributed by atoms with Crippen molar-refractivity contribution in [3.05, 3.63) is 29.8 Å². The maximum Gasteiger partial charge on any atom is 0.352 e. The Morgan fingerprint density at radius 3 is 2.57 bits per heavy atom. The number of aliphatic hydroxyl groups is 1. The van der Waals surface area contributed by atoms with E-state index in [9.17, 15) is 23.5 Å². The molecule has 2 rings (SSSR count). The molecule has 0 atom stereocenters. The molecule has 0 saturated heterocycles. The van der Waals surface area contributed by atoms with E-state index in [1.54, 1.807) is 0 Å². The topological polar surface area (TPSA) is 78.4 Å². The second kappa shape index (κ2) is 6.34. The van der Waals surface area contributed by atoms with Gasteiger partial charge in [-0.15, -0.1) is 6.42 Å². The molecule has 1 fully saturated rings. The summed E-state index contributed by atoms with van der Waals surface area (Å²) < 4.78 is 28.2. The molecule has 0 aromatic heterocycles. The maximum atomic E-state index is 14.1. The molecule has 3 N–H and O–H groups in total. The first kappa shape index (κ1) is 16.9. The molecule has 23 heavy (non-hydrogen) atoms. The van der Waals surface area contributed by atoms with Gasteiger partial charge in [-0.25, -0.2) is 0 Å². The molecule has 0 spiro atoms. The van der Waals surface area contributed by atoms with Gasteiger partial charge in [-0.05, 0) is 31.4 Å². The Kier molecular flexibility index (Phi) is 4.66. The van der Waals surface area contributed by atoms with E-state index in [1.165, 1.54) is 24.3 Å². The Morgan fingerprint density at radius 1 is 1.35 bits per heavy atom. The van der Waals surface area contributed by atoms with Crippen LogP contribution in [0.5, 0.6) is 0 Å². The molecule has 1 aromatic carbocycles. The third-order valence-corrected chi connectivity index (χ3v) is 3.82. The molecule has 1 aliphatic carbocycles. The van der Waals surface area contributed by atoms with E-state index in [0.29, 0.717) is 6.42 Å². The van der Waals surface area contributed by atoms with Gasteiger partial charge >= 0.3 is 5.92 Å². The molecule has 0 heterocycles. The molecule has 2 amide bonds. The minimum Gasteiger partial charge on any atom is -0.383 e. The zero-order chi connectivity index (χ0) is 17.1. The van der Waals surface area contributed by atoms with Crippen molar-refractivity contribution in [2.75, 3.05) is 11.9 Å². The van der Waals surface area contributed by atoms with Gasteiger partial charge in [0.2, 0.25) is 0 Å². The molecule has 1 aliphatic rings. The van der Waals surface area contributed by atoms with Gasteiger partial charge < -0.3 is 15.7 Å². The third kappa shape index (κ3) is 3.17. The Bertz CT molecular complexity index is 664. The summed E-state index contributed by atoms with van der Waals surface area (Å²) in [6.45, 7) is -0.0307. The first-order valence-corrected chi connectivity index (χ1v) is 7.04. The Labute approximate surface area is 132 Å². The summed E-state index contributed by atoms with van der Waals surface area (Å²) in [5, 5.41) is 14.2. The van der Waals surface area contributed by atoms with E-state index in [1.807, 2.05) is 5.32 Å². The Hall–Kier alpha value is -2.46. The van der Waals surface area contributed by atoms with Crippen LogP contribution in [0, 0.1) is 12.3 Å². The monoisotopic (exact) mass is 322 g/mol. The van der Waals surface area contributed by atoms with Crippen LogP contribution in [-0.2, 0) is 4.79 Å². The average molecular weight is 322 g/mol. The molecule has 0 radical (unpaired) electrons. The fourth-order valence-corrected chi connectivity index (χ4v) is 2.25. The summed E-state index contributed by atoms with van der Waals surface area (Å²) in [6, 6.07) is 5.71. The zero-order valence-electron chi connectivity index (χ0n) is 12.2. The fraction of sp³-hybridized carbons (Fsp3) is 0.375. The van der Waals surface area contributed by atoms with E-state index in [0.717, 1.165) is 0 Å². The number of carbonyl (C=O) groups is 2. The van der Waals surface area contributed by atoms with Crippen molar-refractivity contribution in [2.24, 2.45) is 0 Å². The molecule has 122 valence electrons. The average Bonchev–Trinajstić information content (AvgIpc) is 2.50. The predicted octanol–water partition coefficient (Wildman–Crippen LogP) is 1.54. The molecular formula is C16H16F2N2O3. The summed E-state index contributed by atoms with van der Waals surface area (Å²) in [4.78, 5) is 23.8. The molecule has 0 unspecified atom stereocenters. The minimum atomic E-state index is -3.94. The number of carbonyl (C=O) groups excluding carboxylic acids is 2. The highest BCUT2D eigenvalue weighted by molar-refractivity contribution is 6.05. The first-order valence-electron chi connectivity index (χ1n) is 7.04. The third-order valence-electron chi connectivity index (χ3n) is 3.82. The lowest BCUT2D eigenvalue weighted by Crippen LogP contribution is -2.59. The highest BCUT2D eigenvalue weighted by atomic mass is 19.3. The van der Waals surface area contributed by atoms with E-state index < -0.39 is 23.3 Å². The smallest absolute Gasteiger partial charge is 0.352 e. The molecule has 1 saturated carbocycles. The van der Waals surface area contributed by atoms with Crippen LogP contribution in [0.15, 0.2) is 24.3 Å². The lowest BCUT2D eigenvalue weighted by atomic mass is 9.75. The van der Waals surface area contributed by atoms with E-state index >= 15 is 0 Å². The van der Waals surface area contributed by atoms with Crippen molar-refractivity contribution >= 4 is 17.5 Å². The second-order valence-corrected chi connectivity index (χ2v) is 5.35. The van der Waals surface area contributed by atoms with Crippen molar-refractivity contribution in [3.63, 3.8) is 0 Å². The maximum absolute atomic E-state index is 14.1. The van der Waals surface area contributed by atoms with Gasteiger partial charge in [-0.2, -0.15) is 8.78 Å². The van der Waals surface area contributed by atoms with Crippen molar-refractivity contribution in [1.82, 2.24) is 5.32 Å². The van der Waals surface area contributed by atoms with Crippen molar-refractivity contribution in [3.8, 4) is 12.3 Å². The predicted molar refractivity (Wildman–Crippen MR) is 80.0 cm³/mol. The number of nitrogens with one attached hydrogen (secondary N) is 2. The lowest BCUT2D eigenvalue weighted by molar-refractivity contribution is -0.212.